The van der Waals surface area contributed by atoms with Crippen LogP contribution in [0.25, 0.3) is 0 Å². The standard InChI is InChI=1S/C14H17FN2O3/c1-2-9(7-18)16-14(20)11-6-13(19)17-12-5-8(15)3-4-10(11)12/h3-5,9,11,18H,2,6-7H2,1H3,(H,16,20)(H,17,19). The number of aliphatic hydroxyl groups is 1. The van der Waals surface area contributed by atoms with Crippen LogP contribution in [0, 0.1) is 5.82 Å². The van der Waals surface area contributed by atoms with Gasteiger partial charge in [0.1, 0.15) is 5.82 Å². The zero-order valence-corrected chi connectivity index (χ0v) is 11.1. The molecule has 0 radical (unpaired) electrons. The van der Waals surface area contributed by atoms with Gasteiger partial charge in [0, 0.05) is 12.1 Å². The summed E-state index contributed by atoms with van der Waals surface area (Å²) in [7, 11) is 0. The summed E-state index contributed by atoms with van der Waals surface area (Å²) in [6, 6.07) is 3.64. The van der Waals surface area contributed by atoms with Gasteiger partial charge in [-0.1, -0.05) is 13.0 Å². The Balaban J connectivity index is 2.24. The molecule has 0 fully saturated rings. The molecule has 0 spiro atoms. The van der Waals surface area contributed by atoms with E-state index in [9.17, 15) is 14.0 Å². The molecule has 1 aliphatic heterocycles. The van der Waals surface area contributed by atoms with Crippen molar-refractivity contribution in [3.05, 3.63) is 29.6 Å². The third-order valence-corrected chi connectivity index (χ3v) is 3.43. The van der Waals surface area contributed by atoms with E-state index in [-0.39, 0.29) is 30.9 Å². The van der Waals surface area contributed by atoms with Gasteiger partial charge in [-0.25, -0.2) is 4.39 Å². The monoisotopic (exact) mass is 280 g/mol. The minimum atomic E-state index is -0.653. The number of carbonyl (C=O) groups excluding carboxylic acids is 2. The number of fused-ring (bicyclic) bond motifs is 1. The molecule has 1 aromatic rings. The van der Waals surface area contributed by atoms with Crippen LogP contribution in [0.2, 0.25) is 0 Å². The Morgan fingerprint density at radius 2 is 2.35 bits per heavy atom. The van der Waals surface area contributed by atoms with E-state index in [2.05, 4.69) is 10.6 Å². The van der Waals surface area contributed by atoms with Crippen molar-refractivity contribution in [2.75, 3.05) is 11.9 Å². The SMILES string of the molecule is CCC(CO)NC(=O)C1CC(=O)Nc2cc(F)ccc21. The Hall–Kier alpha value is -1.95. The van der Waals surface area contributed by atoms with Crippen molar-refractivity contribution < 1.29 is 19.1 Å². The molecule has 2 rings (SSSR count). The number of anilines is 1. The molecule has 0 saturated carbocycles. The average molecular weight is 280 g/mol. The van der Waals surface area contributed by atoms with Crippen LogP contribution in [0.1, 0.15) is 31.2 Å². The molecule has 2 amide bonds. The molecule has 108 valence electrons. The Bertz CT molecular complexity index is 529. The minimum absolute atomic E-state index is 0.0202. The van der Waals surface area contributed by atoms with E-state index in [1.807, 2.05) is 6.92 Å². The van der Waals surface area contributed by atoms with Crippen molar-refractivity contribution >= 4 is 17.5 Å². The number of nitrogens with one attached hydrogen (secondary N) is 2. The van der Waals surface area contributed by atoms with Gasteiger partial charge in [-0.15, -0.1) is 0 Å². The first-order chi connectivity index (χ1) is 9.55. The first-order valence-electron chi connectivity index (χ1n) is 6.55. The van der Waals surface area contributed by atoms with Crippen molar-refractivity contribution in [3.8, 4) is 0 Å². The number of carbonyl (C=O) groups is 2. The van der Waals surface area contributed by atoms with Gasteiger partial charge in [0.2, 0.25) is 11.8 Å². The summed E-state index contributed by atoms with van der Waals surface area (Å²) in [6.45, 7) is 1.69. The van der Waals surface area contributed by atoms with Crippen molar-refractivity contribution in [2.24, 2.45) is 0 Å². The number of hydrogen-bond donors (Lipinski definition) is 3. The van der Waals surface area contributed by atoms with Gasteiger partial charge in [0.05, 0.1) is 18.6 Å². The van der Waals surface area contributed by atoms with Gasteiger partial charge >= 0.3 is 0 Å². The van der Waals surface area contributed by atoms with Crippen LogP contribution in [-0.4, -0.2) is 29.6 Å². The molecule has 0 aromatic heterocycles. The van der Waals surface area contributed by atoms with E-state index < -0.39 is 11.7 Å². The Labute approximate surface area is 116 Å². The van der Waals surface area contributed by atoms with Gasteiger partial charge in [0.15, 0.2) is 0 Å². The highest BCUT2D eigenvalue weighted by Gasteiger charge is 2.31. The fourth-order valence-corrected chi connectivity index (χ4v) is 2.25. The number of benzene rings is 1. The van der Waals surface area contributed by atoms with Crippen molar-refractivity contribution in [2.45, 2.75) is 31.7 Å². The third kappa shape index (κ3) is 2.96. The highest BCUT2D eigenvalue weighted by Crippen LogP contribution is 2.32. The van der Waals surface area contributed by atoms with Gasteiger partial charge in [0.25, 0.3) is 0 Å². The zero-order chi connectivity index (χ0) is 14.7. The minimum Gasteiger partial charge on any atom is -0.394 e. The average Bonchev–Trinajstić information content (AvgIpc) is 2.43. The fourth-order valence-electron chi connectivity index (χ4n) is 2.25. The largest absolute Gasteiger partial charge is 0.394 e. The van der Waals surface area contributed by atoms with Crippen molar-refractivity contribution in [3.63, 3.8) is 0 Å². The molecule has 0 saturated heterocycles. The lowest BCUT2D eigenvalue weighted by Crippen LogP contribution is -2.42. The Morgan fingerprint density at radius 3 is 3.00 bits per heavy atom. The maximum Gasteiger partial charge on any atom is 0.228 e. The molecule has 1 aromatic carbocycles. The highest BCUT2D eigenvalue weighted by molar-refractivity contribution is 6.01. The summed E-state index contributed by atoms with van der Waals surface area (Å²) in [4.78, 5) is 23.8. The number of aliphatic hydroxyl groups excluding tert-OH is 1. The van der Waals surface area contributed by atoms with Crippen molar-refractivity contribution in [1.29, 1.82) is 0 Å². The normalized spacial score (nSPS) is 18.9. The third-order valence-electron chi connectivity index (χ3n) is 3.43. The first kappa shape index (κ1) is 14.5. The van der Waals surface area contributed by atoms with Crippen molar-refractivity contribution in [1.82, 2.24) is 5.32 Å². The lowest BCUT2D eigenvalue weighted by molar-refractivity contribution is -0.127. The molecule has 1 heterocycles. The van der Waals surface area contributed by atoms with Crippen LogP contribution in [-0.2, 0) is 9.59 Å². The lowest BCUT2D eigenvalue weighted by Gasteiger charge is -2.26. The predicted molar refractivity (Wildman–Crippen MR) is 71.7 cm³/mol. The summed E-state index contributed by atoms with van der Waals surface area (Å²) < 4.78 is 13.2. The molecule has 1 aliphatic rings. The fraction of sp³-hybridized carbons (Fsp3) is 0.429. The molecule has 2 unspecified atom stereocenters. The molecule has 0 bridgehead atoms. The maximum atomic E-state index is 13.2. The molecular formula is C14H17FN2O3. The van der Waals surface area contributed by atoms with Crippen LogP contribution in [0.15, 0.2) is 18.2 Å². The van der Waals surface area contributed by atoms with E-state index >= 15 is 0 Å². The molecule has 2 atom stereocenters. The second-order valence-electron chi connectivity index (χ2n) is 4.83. The first-order valence-corrected chi connectivity index (χ1v) is 6.55. The Morgan fingerprint density at radius 1 is 1.60 bits per heavy atom. The molecule has 6 heteroatoms. The van der Waals surface area contributed by atoms with Gasteiger partial charge < -0.3 is 15.7 Å². The molecule has 0 aliphatic carbocycles. The van der Waals surface area contributed by atoms with Crippen LogP contribution in [0.5, 0.6) is 0 Å². The zero-order valence-electron chi connectivity index (χ0n) is 11.1. The topological polar surface area (TPSA) is 78.4 Å². The summed E-state index contributed by atoms with van der Waals surface area (Å²) >= 11 is 0. The van der Waals surface area contributed by atoms with Gasteiger partial charge in [-0.3, -0.25) is 9.59 Å². The Kier molecular flexibility index (Phi) is 4.34. The van der Waals surface area contributed by atoms with E-state index in [1.165, 1.54) is 18.2 Å². The van der Waals surface area contributed by atoms with E-state index in [0.717, 1.165) is 0 Å². The highest BCUT2D eigenvalue weighted by atomic mass is 19.1. The molecule has 5 nitrogen and oxygen atoms in total. The quantitative estimate of drug-likeness (QED) is 0.774. The molecule has 20 heavy (non-hydrogen) atoms. The van der Waals surface area contributed by atoms with Crippen LogP contribution >= 0.6 is 0 Å². The number of amides is 2. The smallest absolute Gasteiger partial charge is 0.228 e. The predicted octanol–water partition coefficient (Wildman–Crippen LogP) is 1.14. The maximum absolute atomic E-state index is 13.2. The summed E-state index contributed by atoms with van der Waals surface area (Å²) in [6.07, 6.45) is 0.615. The number of hydrogen-bond acceptors (Lipinski definition) is 3. The van der Waals surface area contributed by atoms with Crippen LogP contribution in [0.4, 0.5) is 10.1 Å². The van der Waals surface area contributed by atoms with E-state index in [1.54, 1.807) is 0 Å². The molecular weight excluding hydrogens is 263 g/mol. The van der Waals surface area contributed by atoms with E-state index in [4.69, 9.17) is 5.11 Å². The number of halogens is 1. The second kappa shape index (κ2) is 6.00. The van der Waals surface area contributed by atoms with Gasteiger partial charge in [-0.2, -0.15) is 0 Å². The number of rotatable bonds is 4. The van der Waals surface area contributed by atoms with Crippen LogP contribution < -0.4 is 10.6 Å². The summed E-state index contributed by atoms with van der Waals surface area (Å²) in [5.74, 6) is -1.76. The van der Waals surface area contributed by atoms with Crippen LogP contribution in [0.3, 0.4) is 0 Å². The van der Waals surface area contributed by atoms with Gasteiger partial charge in [-0.05, 0) is 24.1 Å². The summed E-state index contributed by atoms with van der Waals surface area (Å²) in [5, 5.41) is 14.4. The van der Waals surface area contributed by atoms with E-state index in [0.29, 0.717) is 17.7 Å². The lowest BCUT2D eigenvalue weighted by atomic mass is 9.89. The molecule has 3 N–H and O–H groups in total. The summed E-state index contributed by atoms with van der Waals surface area (Å²) in [5.41, 5.74) is 0.926. The second-order valence-corrected chi connectivity index (χ2v) is 4.83.